The summed E-state index contributed by atoms with van der Waals surface area (Å²) in [5, 5.41) is 8.79. The maximum atomic E-state index is 12.6. The number of nitriles is 1. The number of aromatic nitrogens is 1. The minimum absolute atomic E-state index is 0.0343. The van der Waals surface area contributed by atoms with Crippen LogP contribution in [0.2, 0.25) is 5.15 Å². The average molecular weight is 326 g/mol. The number of sulfonamides is 1. The zero-order valence-corrected chi connectivity index (χ0v) is 12.5. The van der Waals surface area contributed by atoms with E-state index in [9.17, 15) is 8.42 Å². The van der Waals surface area contributed by atoms with Gasteiger partial charge in [-0.05, 0) is 24.3 Å². The van der Waals surface area contributed by atoms with Gasteiger partial charge >= 0.3 is 0 Å². The summed E-state index contributed by atoms with van der Waals surface area (Å²) in [5.74, 6) is 0.497. The van der Waals surface area contributed by atoms with Crippen LogP contribution >= 0.6 is 11.6 Å². The van der Waals surface area contributed by atoms with Crippen LogP contribution in [0, 0.1) is 11.3 Å². The molecule has 0 unspecified atom stereocenters. The molecule has 0 aromatic carbocycles. The van der Waals surface area contributed by atoms with Crippen LogP contribution in [-0.2, 0) is 16.6 Å². The highest BCUT2D eigenvalue weighted by atomic mass is 35.5. The first kappa shape index (κ1) is 15.5. The van der Waals surface area contributed by atoms with Crippen molar-refractivity contribution in [2.75, 3.05) is 6.54 Å². The Bertz CT molecular complexity index is 738. The summed E-state index contributed by atoms with van der Waals surface area (Å²) >= 11 is 5.74. The van der Waals surface area contributed by atoms with Gasteiger partial charge in [0.1, 0.15) is 10.9 Å². The minimum Gasteiger partial charge on any atom is -0.468 e. The molecule has 2 aromatic rings. The Morgan fingerprint density at radius 1 is 1.43 bits per heavy atom. The zero-order chi connectivity index (χ0) is 15.3. The van der Waals surface area contributed by atoms with Crippen LogP contribution in [0.3, 0.4) is 0 Å². The van der Waals surface area contributed by atoms with Crippen LogP contribution in [0.4, 0.5) is 0 Å². The summed E-state index contributed by atoms with van der Waals surface area (Å²) in [6.07, 6.45) is 2.87. The van der Waals surface area contributed by atoms with Gasteiger partial charge in [0.05, 0.1) is 23.8 Å². The van der Waals surface area contributed by atoms with E-state index >= 15 is 0 Å². The Balaban J connectivity index is 2.32. The van der Waals surface area contributed by atoms with Gasteiger partial charge in [-0.2, -0.15) is 9.57 Å². The number of hydrogen-bond donors (Lipinski definition) is 0. The first-order valence-electron chi connectivity index (χ1n) is 6.05. The smallest absolute Gasteiger partial charge is 0.243 e. The molecule has 0 aliphatic rings. The van der Waals surface area contributed by atoms with E-state index in [0.29, 0.717) is 5.76 Å². The van der Waals surface area contributed by atoms with E-state index in [1.54, 1.807) is 12.1 Å². The second kappa shape index (κ2) is 6.72. The Morgan fingerprint density at radius 2 is 2.24 bits per heavy atom. The third-order valence-corrected chi connectivity index (χ3v) is 4.77. The van der Waals surface area contributed by atoms with E-state index in [1.807, 2.05) is 6.07 Å². The lowest BCUT2D eigenvalue weighted by Gasteiger charge is -2.20. The molecular weight excluding hydrogens is 314 g/mol. The minimum atomic E-state index is -3.77. The molecule has 0 aliphatic carbocycles. The van der Waals surface area contributed by atoms with E-state index in [1.165, 1.54) is 28.9 Å². The molecule has 0 bridgehead atoms. The molecule has 2 heterocycles. The summed E-state index contributed by atoms with van der Waals surface area (Å²) in [6, 6.07) is 7.93. The van der Waals surface area contributed by atoms with Crippen molar-refractivity contribution in [3.05, 3.63) is 47.6 Å². The fourth-order valence-electron chi connectivity index (χ4n) is 1.73. The third-order valence-electron chi connectivity index (χ3n) is 2.72. The Morgan fingerprint density at radius 3 is 2.86 bits per heavy atom. The van der Waals surface area contributed by atoms with Crippen LogP contribution in [-0.4, -0.2) is 24.3 Å². The van der Waals surface area contributed by atoms with Crippen molar-refractivity contribution < 1.29 is 12.8 Å². The van der Waals surface area contributed by atoms with Crippen LogP contribution in [0.25, 0.3) is 0 Å². The van der Waals surface area contributed by atoms with Crippen LogP contribution in [0.15, 0.2) is 46.0 Å². The summed E-state index contributed by atoms with van der Waals surface area (Å²) in [4.78, 5) is 3.80. The molecule has 110 valence electrons. The number of rotatable bonds is 6. The number of hydrogen-bond acceptors (Lipinski definition) is 5. The summed E-state index contributed by atoms with van der Waals surface area (Å²) in [5.41, 5.74) is 0. The molecule has 21 heavy (non-hydrogen) atoms. The van der Waals surface area contributed by atoms with Crippen molar-refractivity contribution in [2.45, 2.75) is 17.9 Å². The van der Waals surface area contributed by atoms with Crippen molar-refractivity contribution in [1.29, 1.82) is 5.26 Å². The lowest BCUT2D eigenvalue weighted by Crippen LogP contribution is -2.31. The first-order valence-corrected chi connectivity index (χ1v) is 7.87. The van der Waals surface area contributed by atoms with Crippen molar-refractivity contribution in [2.24, 2.45) is 0 Å². The maximum absolute atomic E-state index is 12.6. The molecule has 8 heteroatoms. The Labute approximate surface area is 127 Å². The lowest BCUT2D eigenvalue weighted by atomic mass is 10.4. The number of nitrogens with zero attached hydrogens (tertiary/aromatic N) is 3. The quantitative estimate of drug-likeness (QED) is 0.761. The standard InChI is InChI=1S/C13H12ClN3O3S/c14-13-9-12(4-6-16-13)21(18,19)17(7-2-5-15)10-11-3-1-8-20-11/h1,3-4,6,8-9H,2,7,10H2. The highest BCUT2D eigenvalue weighted by Gasteiger charge is 2.25. The van der Waals surface area contributed by atoms with E-state index in [-0.39, 0.29) is 29.6 Å². The van der Waals surface area contributed by atoms with Gasteiger partial charge < -0.3 is 4.42 Å². The van der Waals surface area contributed by atoms with Gasteiger partial charge in [0.15, 0.2) is 0 Å². The monoisotopic (exact) mass is 325 g/mol. The zero-order valence-electron chi connectivity index (χ0n) is 10.9. The molecule has 0 N–H and O–H groups in total. The molecule has 0 atom stereocenters. The normalized spacial score (nSPS) is 11.5. The fourth-order valence-corrected chi connectivity index (χ4v) is 3.39. The Kier molecular flexibility index (Phi) is 4.96. The Hall–Kier alpha value is -1.88. The van der Waals surface area contributed by atoms with Gasteiger partial charge in [0.2, 0.25) is 10.0 Å². The van der Waals surface area contributed by atoms with Crippen molar-refractivity contribution in [3.8, 4) is 6.07 Å². The molecule has 0 radical (unpaired) electrons. The average Bonchev–Trinajstić information content (AvgIpc) is 2.96. The molecule has 2 rings (SSSR count). The van der Waals surface area contributed by atoms with Crippen molar-refractivity contribution in [1.82, 2.24) is 9.29 Å². The highest BCUT2D eigenvalue weighted by Crippen LogP contribution is 2.20. The van der Waals surface area contributed by atoms with Gasteiger partial charge in [0, 0.05) is 19.2 Å². The van der Waals surface area contributed by atoms with E-state index in [0.717, 1.165) is 0 Å². The van der Waals surface area contributed by atoms with Gasteiger partial charge in [-0.1, -0.05) is 11.6 Å². The van der Waals surface area contributed by atoms with Crippen molar-refractivity contribution in [3.63, 3.8) is 0 Å². The molecule has 0 saturated heterocycles. The molecule has 0 aliphatic heterocycles. The summed E-state index contributed by atoms with van der Waals surface area (Å²) < 4.78 is 31.6. The molecule has 0 amide bonds. The van der Waals surface area contributed by atoms with Gasteiger partial charge in [-0.25, -0.2) is 13.4 Å². The van der Waals surface area contributed by atoms with Crippen LogP contribution < -0.4 is 0 Å². The van der Waals surface area contributed by atoms with Gasteiger partial charge in [0.25, 0.3) is 0 Å². The second-order valence-electron chi connectivity index (χ2n) is 4.14. The molecule has 0 fully saturated rings. The summed E-state index contributed by atoms with van der Waals surface area (Å²) in [7, 11) is -3.77. The maximum Gasteiger partial charge on any atom is 0.243 e. The predicted molar refractivity (Wildman–Crippen MR) is 75.8 cm³/mol. The van der Waals surface area contributed by atoms with Gasteiger partial charge in [-0.15, -0.1) is 0 Å². The predicted octanol–water partition coefficient (Wildman–Crippen LogP) is 2.43. The molecule has 0 saturated carbocycles. The number of halogens is 1. The molecule has 2 aromatic heterocycles. The van der Waals surface area contributed by atoms with Crippen molar-refractivity contribution >= 4 is 21.6 Å². The summed E-state index contributed by atoms with van der Waals surface area (Å²) in [6.45, 7) is 0.121. The van der Waals surface area contributed by atoms with E-state index in [2.05, 4.69) is 4.98 Å². The largest absolute Gasteiger partial charge is 0.468 e. The molecular formula is C13H12ClN3O3S. The van der Waals surface area contributed by atoms with Crippen LogP contribution in [0.5, 0.6) is 0 Å². The fraction of sp³-hybridized carbons (Fsp3) is 0.231. The second-order valence-corrected chi connectivity index (χ2v) is 6.47. The number of pyridine rings is 1. The third kappa shape index (κ3) is 3.82. The molecule has 6 nitrogen and oxygen atoms in total. The SMILES string of the molecule is N#CCCN(Cc1ccco1)S(=O)(=O)c1ccnc(Cl)c1. The van der Waals surface area contributed by atoms with Crippen LogP contribution in [0.1, 0.15) is 12.2 Å². The van der Waals surface area contributed by atoms with Gasteiger partial charge in [-0.3, -0.25) is 0 Å². The lowest BCUT2D eigenvalue weighted by molar-refractivity contribution is 0.368. The molecule has 0 spiro atoms. The number of furan rings is 1. The first-order chi connectivity index (χ1) is 10.0. The topological polar surface area (TPSA) is 87.2 Å². The van der Waals surface area contributed by atoms with E-state index in [4.69, 9.17) is 21.3 Å². The van der Waals surface area contributed by atoms with E-state index < -0.39 is 10.0 Å². The highest BCUT2D eigenvalue weighted by molar-refractivity contribution is 7.89.